The zero-order chi connectivity index (χ0) is 26.5. The second kappa shape index (κ2) is 12.5. The summed E-state index contributed by atoms with van der Waals surface area (Å²) in [6, 6.07) is 26.2. The quantitative estimate of drug-likeness (QED) is 0.257. The molecule has 5 nitrogen and oxygen atoms in total. The Hall–Kier alpha value is -2.67. The maximum atomic E-state index is 10.9. The van der Waals surface area contributed by atoms with Crippen LogP contribution in [0.25, 0.3) is 5.69 Å². The molecule has 3 aromatic carbocycles. The van der Waals surface area contributed by atoms with Crippen LogP contribution in [-0.4, -0.2) is 50.4 Å². The Kier molecular flexibility index (Phi) is 8.82. The Labute approximate surface area is 235 Å². The van der Waals surface area contributed by atoms with Gasteiger partial charge in [-0.25, -0.2) is 4.68 Å². The molecule has 0 saturated heterocycles. The Morgan fingerprint density at radius 1 is 0.947 bits per heavy atom. The summed E-state index contributed by atoms with van der Waals surface area (Å²) in [6.07, 6.45) is 1.11. The van der Waals surface area contributed by atoms with Gasteiger partial charge in [-0.15, -0.1) is 0 Å². The second-order valence-electron chi connectivity index (χ2n) is 10.0. The van der Waals surface area contributed by atoms with Gasteiger partial charge in [-0.2, -0.15) is 5.10 Å². The predicted octanol–water partition coefficient (Wildman–Crippen LogP) is 6.16. The average molecular weight is 550 g/mol. The Morgan fingerprint density at radius 2 is 1.71 bits per heavy atom. The monoisotopic (exact) mass is 548 g/mol. The van der Waals surface area contributed by atoms with Crippen molar-refractivity contribution in [2.24, 2.45) is 0 Å². The number of aliphatic hydroxyl groups is 1. The lowest BCUT2D eigenvalue weighted by molar-refractivity contribution is 0.110. The van der Waals surface area contributed by atoms with E-state index in [0.29, 0.717) is 24.5 Å². The van der Waals surface area contributed by atoms with Gasteiger partial charge in [-0.3, -0.25) is 9.80 Å². The topological polar surface area (TPSA) is 44.5 Å². The van der Waals surface area contributed by atoms with Crippen molar-refractivity contribution in [3.8, 4) is 5.69 Å². The van der Waals surface area contributed by atoms with Gasteiger partial charge in [0, 0.05) is 54.8 Å². The highest BCUT2D eigenvalue weighted by molar-refractivity contribution is 6.30. The number of hydrogen-bond acceptors (Lipinski definition) is 4. The maximum absolute atomic E-state index is 10.9. The first-order valence-electron chi connectivity index (χ1n) is 13.2. The van der Waals surface area contributed by atoms with Gasteiger partial charge in [0.05, 0.1) is 23.2 Å². The van der Waals surface area contributed by atoms with Crippen LogP contribution in [0.15, 0.2) is 78.9 Å². The molecule has 1 unspecified atom stereocenters. The van der Waals surface area contributed by atoms with Gasteiger partial charge in [0.1, 0.15) is 0 Å². The summed E-state index contributed by atoms with van der Waals surface area (Å²) in [5, 5.41) is 17.5. The summed E-state index contributed by atoms with van der Waals surface area (Å²) in [7, 11) is 0. The Morgan fingerprint density at radius 3 is 2.45 bits per heavy atom. The van der Waals surface area contributed by atoms with E-state index in [1.807, 2.05) is 60.7 Å². The lowest BCUT2D eigenvalue weighted by Crippen LogP contribution is -2.34. The molecule has 4 aromatic rings. The van der Waals surface area contributed by atoms with Gasteiger partial charge in [-0.1, -0.05) is 72.6 Å². The van der Waals surface area contributed by atoms with E-state index in [9.17, 15) is 5.11 Å². The van der Waals surface area contributed by atoms with Crippen LogP contribution < -0.4 is 0 Å². The van der Waals surface area contributed by atoms with E-state index >= 15 is 0 Å². The minimum Gasteiger partial charge on any atom is -0.391 e. The lowest BCUT2D eigenvalue weighted by Gasteiger charge is -2.29. The van der Waals surface area contributed by atoms with Gasteiger partial charge in [0.2, 0.25) is 0 Å². The number of halogens is 2. The van der Waals surface area contributed by atoms with E-state index in [1.165, 1.54) is 16.8 Å². The third-order valence-corrected chi connectivity index (χ3v) is 7.68. The van der Waals surface area contributed by atoms with E-state index in [2.05, 4.69) is 39.6 Å². The molecule has 0 bridgehead atoms. The van der Waals surface area contributed by atoms with Crippen molar-refractivity contribution in [3.05, 3.63) is 117 Å². The molecular weight excluding hydrogens is 515 g/mol. The fourth-order valence-electron chi connectivity index (χ4n) is 5.26. The zero-order valence-electron chi connectivity index (χ0n) is 21.7. The predicted molar refractivity (Wildman–Crippen MR) is 155 cm³/mol. The van der Waals surface area contributed by atoms with Crippen LogP contribution in [0.5, 0.6) is 0 Å². The highest BCUT2D eigenvalue weighted by Gasteiger charge is 2.27. The van der Waals surface area contributed by atoms with Gasteiger partial charge in [0.25, 0.3) is 0 Å². The molecule has 1 atom stereocenters. The van der Waals surface area contributed by atoms with Crippen LogP contribution in [0.2, 0.25) is 10.0 Å². The first-order valence-corrected chi connectivity index (χ1v) is 14.0. The molecular formula is C31H34Cl2N4O. The number of aliphatic hydroxyl groups excluding tert-OH is 1. The van der Waals surface area contributed by atoms with Gasteiger partial charge in [0.15, 0.2) is 0 Å². The summed E-state index contributed by atoms with van der Waals surface area (Å²) in [5.41, 5.74) is 6.99. The van der Waals surface area contributed by atoms with Crippen molar-refractivity contribution in [3.63, 3.8) is 0 Å². The molecule has 1 N–H and O–H groups in total. The zero-order valence-corrected chi connectivity index (χ0v) is 23.2. The van der Waals surface area contributed by atoms with E-state index in [1.54, 1.807) is 0 Å². The highest BCUT2D eigenvalue weighted by Crippen LogP contribution is 2.28. The van der Waals surface area contributed by atoms with Gasteiger partial charge in [-0.05, 0) is 60.5 Å². The molecule has 2 heterocycles. The summed E-state index contributed by atoms with van der Waals surface area (Å²) in [6.45, 7) is 6.89. The number of benzene rings is 3. The molecule has 0 saturated carbocycles. The number of likely N-dealkylation sites (N-methyl/N-ethyl adjacent to an activating group) is 1. The van der Waals surface area contributed by atoms with Crippen LogP contribution in [0.1, 0.15) is 35.0 Å². The molecule has 0 amide bonds. The number of aromatic nitrogens is 2. The van der Waals surface area contributed by atoms with E-state index in [4.69, 9.17) is 28.3 Å². The molecule has 7 heteroatoms. The minimum absolute atomic E-state index is 0.439. The summed E-state index contributed by atoms with van der Waals surface area (Å²) in [4.78, 5) is 4.75. The van der Waals surface area contributed by atoms with Crippen molar-refractivity contribution in [2.75, 3.05) is 19.6 Å². The molecule has 1 aliphatic heterocycles. The van der Waals surface area contributed by atoms with Crippen LogP contribution in [0.4, 0.5) is 0 Å². The average Bonchev–Trinajstić information content (AvgIpc) is 3.26. The maximum Gasteiger partial charge on any atom is 0.0817 e. The first-order chi connectivity index (χ1) is 18.5. The van der Waals surface area contributed by atoms with Gasteiger partial charge >= 0.3 is 0 Å². The van der Waals surface area contributed by atoms with Crippen molar-refractivity contribution in [2.45, 2.75) is 45.5 Å². The number of nitrogens with zero attached hydrogens (tertiary/aromatic N) is 4. The van der Waals surface area contributed by atoms with Crippen molar-refractivity contribution >= 4 is 23.2 Å². The van der Waals surface area contributed by atoms with Crippen LogP contribution in [0, 0.1) is 0 Å². The molecule has 1 aliphatic rings. The van der Waals surface area contributed by atoms with Crippen LogP contribution in [0.3, 0.4) is 0 Å². The van der Waals surface area contributed by atoms with Crippen LogP contribution in [-0.2, 0) is 32.5 Å². The second-order valence-corrected chi connectivity index (χ2v) is 10.9. The molecule has 0 radical (unpaired) electrons. The minimum atomic E-state index is -0.439. The summed E-state index contributed by atoms with van der Waals surface area (Å²) < 4.78 is 2.09. The first kappa shape index (κ1) is 26.9. The van der Waals surface area contributed by atoms with E-state index in [0.717, 1.165) is 54.6 Å². The largest absolute Gasteiger partial charge is 0.391 e. The standard InChI is InChI=1S/C31H34Cl2N4O/c1-2-35(20-28(38)18-23-7-4-3-5-8-23)22-30-29-21-36(19-24-9-6-10-26(33)17-24)16-15-31(29)37(34-30)27-13-11-25(32)12-14-27/h3-14,17,28,38H,2,15-16,18-22H2,1H3. The van der Waals surface area contributed by atoms with E-state index in [-0.39, 0.29) is 0 Å². The molecule has 1 aromatic heterocycles. The highest BCUT2D eigenvalue weighted by atomic mass is 35.5. The lowest BCUT2D eigenvalue weighted by atomic mass is 10.0. The smallest absolute Gasteiger partial charge is 0.0817 e. The fraction of sp³-hybridized carbons (Fsp3) is 0.323. The molecule has 5 rings (SSSR count). The molecule has 0 aliphatic carbocycles. The van der Waals surface area contributed by atoms with Crippen molar-refractivity contribution in [1.29, 1.82) is 0 Å². The third kappa shape index (κ3) is 6.66. The summed E-state index contributed by atoms with van der Waals surface area (Å²) >= 11 is 12.4. The molecule has 0 fully saturated rings. The Balaban J connectivity index is 1.38. The van der Waals surface area contributed by atoms with Gasteiger partial charge < -0.3 is 5.11 Å². The van der Waals surface area contributed by atoms with Crippen molar-refractivity contribution < 1.29 is 5.11 Å². The van der Waals surface area contributed by atoms with E-state index < -0.39 is 6.10 Å². The Bertz CT molecular complexity index is 1340. The number of hydrogen-bond donors (Lipinski definition) is 1. The van der Waals surface area contributed by atoms with Crippen LogP contribution >= 0.6 is 23.2 Å². The molecule has 0 spiro atoms. The van der Waals surface area contributed by atoms with Crippen molar-refractivity contribution in [1.82, 2.24) is 19.6 Å². The molecule has 38 heavy (non-hydrogen) atoms. The normalized spacial score (nSPS) is 14.6. The fourth-order valence-corrected chi connectivity index (χ4v) is 5.60. The SMILES string of the molecule is CCN(Cc1nn(-c2ccc(Cl)cc2)c2c1CN(Cc1cccc(Cl)c1)CC2)CC(O)Cc1ccccc1. The molecule has 198 valence electrons. The summed E-state index contributed by atoms with van der Waals surface area (Å²) in [5.74, 6) is 0. The third-order valence-electron chi connectivity index (χ3n) is 7.19. The number of rotatable bonds is 10. The number of fused-ring (bicyclic) bond motifs is 1.